The quantitative estimate of drug-likeness (QED) is 0.720. The minimum Gasteiger partial charge on any atom is -0.312 e. The zero-order chi connectivity index (χ0) is 10.2. The summed E-state index contributed by atoms with van der Waals surface area (Å²) in [6, 6.07) is 2.19. The third-order valence-corrected chi connectivity index (χ3v) is 4.11. The second kappa shape index (κ2) is 7.32. The molecule has 1 N–H and O–H groups in total. The van der Waals surface area contributed by atoms with Gasteiger partial charge in [-0.3, -0.25) is 0 Å². The molecule has 14 heavy (non-hydrogen) atoms. The molecule has 0 spiro atoms. The summed E-state index contributed by atoms with van der Waals surface area (Å²) in [5, 5.41) is 5.65. The van der Waals surface area contributed by atoms with Gasteiger partial charge in [0.1, 0.15) is 0 Å². The van der Waals surface area contributed by atoms with Gasteiger partial charge in [0.05, 0.1) is 0 Å². The molecule has 1 aromatic rings. The van der Waals surface area contributed by atoms with Crippen LogP contribution in [0.1, 0.15) is 23.8 Å². The summed E-state index contributed by atoms with van der Waals surface area (Å²) in [4.78, 5) is 1.48. The maximum absolute atomic E-state index is 3.48. The fraction of sp³-hybridized carbons (Fsp3) is 0.636. The summed E-state index contributed by atoms with van der Waals surface area (Å²) in [6.45, 7) is 6.58. The maximum Gasteiger partial charge on any atom is 0.0302 e. The van der Waals surface area contributed by atoms with Gasteiger partial charge in [-0.05, 0) is 48.4 Å². The third-order valence-electron chi connectivity index (χ3n) is 2.10. The smallest absolute Gasteiger partial charge is 0.0302 e. The van der Waals surface area contributed by atoms with E-state index in [0.717, 1.165) is 13.1 Å². The molecule has 1 nitrogen and oxygen atoms in total. The zero-order valence-corrected chi connectivity index (χ0v) is 10.6. The largest absolute Gasteiger partial charge is 0.312 e. The third kappa shape index (κ3) is 4.49. The molecule has 0 aliphatic rings. The molecule has 1 rings (SSSR count). The highest BCUT2D eigenvalue weighted by Crippen LogP contribution is 2.14. The molecule has 0 saturated carbocycles. The normalized spacial score (nSPS) is 10.7. The van der Waals surface area contributed by atoms with E-state index in [2.05, 4.69) is 30.6 Å². The van der Waals surface area contributed by atoms with Gasteiger partial charge < -0.3 is 5.32 Å². The number of thioether (sulfide) groups is 1. The van der Waals surface area contributed by atoms with E-state index in [1.54, 1.807) is 0 Å². The molecule has 0 saturated heterocycles. The van der Waals surface area contributed by atoms with Crippen LogP contribution in [0.2, 0.25) is 0 Å². The highest BCUT2D eigenvalue weighted by molar-refractivity contribution is 7.99. The van der Waals surface area contributed by atoms with E-state index >= 15 is 0 Å². The summed E-state index contributed by atoms with van der Waals surface area (Å²) in [6.07, 6.45) is 1.28. The summed E-state index contributed by atoms with van der Waals surface area (Å²) >= 11 is 3.87. The fourth-order valence-electron chi connectivity index (χ4n) is 1.23. The van der Waals surface area contributed by atoms with E-state index in [1.807, 2.05) is 23.1 Å². The maximum atomic E-state index is 3.48. The number of rotatable bonds is 7. The van der Waals surface area contributed by atoms with Crippen molar-refractivity contribution in [3.63, 3.8) is 0 Å². The topological polar surface area (TPSA) is 12.0 Å². The van der Waals surface area contributed by atoms with Crippen molar-refractivity contribution in [1.82, 2.24) is 5.32 Å². The number of thiophene rings is 1. The molecule has 0 radical (unpaired) electrons. The van der Waals surface area contributed by atoms with Crippen molar-refractivity contribution in [2.45, 2.75) is 26.8 Å². The van der Waals surface area contributed by atoms with Crippen molar-refractivity contribution >= 4 is 23.1 Å². The first-order valence-electron chi connectivity index (χ1n) is 5.16. The number of hydrogen-bond acceptors (Lipinski definition) is 3. The first-order valence-corrected chi connectivity index (χ1v) is 7.19. The molecule has 0 aromatic carbocycles. The highest BCUT2D eigenvalue weighted by Gasteiger charge is 1.97. The van der Waals surface area contributed by atoms with E-state index in [1.165, 1.54) is 28.4 Å². The van der Waals surface area contributed by atoms with E-state index < -0.39 is 0 Å². The fourth-order valence-corrected chi connectivity index (χ4v) is 2.74. The van der Waals surface area contributed by atoms with Crippen LogP contribution >= 0.6 is 23.1 Å². The van der Waals surface area contributed by atoms with Gasteiger partial charge >= 0.3 is 0 Å². The second-order valence-corrected chi connectivity index (χ2v) is 5.65. The summed E-state index contributed by atoms with van der Waals surface area (Å²) in [7, 11) is 0. The molecule has 1 aromatic heterocycles. The van der Waals surface area contributed by atoms with Crippen molar-refractivity contribution in [1.29, 1.82) is 0 Å². The van der Waals surface area contributed by atoms with Gasteiger partial charge in [-0.2, -0.15) is 11.8 Å². The average molecular weight is 229 g/mol. The van der Waals surface area contributed by atoms with Crippen molar-refractivity contribution < 1.29 is 0 Å². The van der Waals surface area contributed by atoms with Gasteiger partial charge in [0.15, 0.2) is 0 Å². The molecule has 0 unspecified atom stereocenters. The summed E-state index contributed by atoms with van der Waals surface area (Å²) in [5.74, 6) is 2.52. The van der Waals surface area contributed by atoms with Crippen molar-refractivity contribution in [2.24, 2.45) is 0 Å². The van der Waals surface area contributed by atoms with Gasteiger partial charge in [-0.15, -0.1) is 11.3 Å². The lowest BCUT2D eigenvalue weighted by Gasteiger charge is -2.03. The minimum atomic E-state index is 1.04. The molecule has 0 aliphatic heterocycles. The molecule has 0 atom stereocenters. The molecule has 0 amide bonds. The SMILES string of the molecule is CCSCCCNCc1sccc1C. The van der Waals surface area contributed by atoms with Crippen molar-refractivity contribution in [2.75, 3.05) is 18.1 Å². The predicted molar refractivity (Wildman–Crippen MR) is 68.4 cm³/mol. The lowest BCUT2D eigenvalue weighted by Crippen LogP contribution is -2.15. The van der Waals surface area contributed by atoms with Crippen LogP contribution < -0.4 is 5.32 Å². The molecule has 0 fully saturated rings. The van der Waals surface area contributed by atoms with Crippen LogP contribution in [0.5, 0.6) is 0 Å². The van der Waals surface area contributed by atoms with E-state index in [-0.39, 0.29) is 0 Å². The van der Waals surface area contributed by atoms with Crippen LogP contribution in [0.25, 0.3) is 0 Å². The van der Waals surface area contributed by atoms with Crippen LogP contribution in [-0.4, -0.2) is 18.1 Å². The first kappa shape index (κ1) is 12.1. The van der Waals surface area contributed by atoms with Crippen LogP contribution in [0.3, 0.4) is 0 Å². The highest BCUT2D eigenvalue weighted by atomic mass is 32.2. The van der Waals surface area contributed by atoms with Crippen molar-refractivity contribution in [3.8, 4) is 0 Å². The summed E-state index contributed by atoms with van der Waals surface area (Å²) in [5.41, 5.74) is 1.42. The monoisotopic (exact) mass is 229 g/mol. The Labute approximate surface area is 95.3 Å². The molecule has 0 aliphatic carbocycles. The van der Waals surface area contributed by atoms with Crippen molar-refractivity contribution in [3.05, 3.63) is 21.9 Å². The van der Waals surface area contributed by atoms with Crippen LogP contribution in [0.15, 0.2) is 11.4 Å². The van der Waals surface area contributed by atoms with Gasteiger partial charge in [0.2, 0.25) is 0 Å². The first-order chi connectivity index (χ1) is 6.84. The van der Waals surface area contributed by atoms with Gasteiger partial charge in [0.25, 0.3) is 0 Å². The predicted octanol–water partition coefficient (Wildman–Crippen LogP) is 3.29. The van der Waals surface area contributed by atoms with Crippen LogP contribution in [0, 0.1) is 6.92 Å². The average Bonchev–Trinajstić information content (AvgIpc) is 2.58. The van der Waals surface area contributed by atoms with E-state index in [0.29, 0.717) is 0 Å². The Bertz CT molecular complexity index is 245. The second-order valence-electron chi connectivity index (χ2n) is 3.25. The standard InChI is InChI=1S/C11H19NS2/c1-3-13-7-4-6-12-9-11-10(2)5-8-14-11/h5,8,12H,3-4,6-7,9H2,1-2H3. The molecular formula is C11H19NS2. The number of aryl methyl sites for hydroxylation is 1. The van der Waals surface area contributed by atoms with Gasteiger partial charge in [-0.25, -0.2) is 0 Å². The number of nitrogens with one attached hydrogen (secondary N) is 1. The van der Waals surface area contributed by atoms with Crippen LogP contribution in [0.4, 0.5) is 0 Å². The molecule has 3 heteroatoms. The Balaban J connectivity index is 2.02. The Hall–Kier alpha value is 0.0100. The Morgan fingerprint density at radius 2 is 2.36 bits per heavy atom. The summed E-state index contributed by atoms with van der Waals surface area (Å²) < 4.78 is 0. The molecule has 1 heterocycles. The van der Waals surface area contributed by atoms with Crippen LogP contribution in [-0.2, 0) is 6.54 Å². The Morgan fingerprint density at radius 3 is 3.00 bits per heavy atom. The molecular weight excluding hydrogens is 210 g/mol. The molecule has 0 bridgehead atoms. The van der Waals surface area contributed by atoms with Gasteiger partial charge in [0, 0.05) is 11.4 Å². The van der Waals surface area contributed by atoms with E-state index in [9.17, 15) is 0 Å². The van der Waals surface area contributed by atoms with Gasteiger partial charge in [-0.1, -0.05) is 6.92 Å². The van der Waals surface area contributed by atoms with E-state index in [4.69, 9.17) is 0 Å². The lowest BCUT2D eigenvalue weighted by atomic mass is 10.3. The minimum absolute atomic E-state index is 1.04. The number of hydrogen-bond donors (Lipinski definition) is 1. The zero-order valence-electron chi connectivity index (χ0n) is 9.01. The Kier molecular flexibility index (Phi) is 6.32. The molecule has 80 valence electrons. The lowest BCUT2D eigenvalue weighted by molar-refractivity contribution is 0.683. The Morgan fingerprint density at radius 1 is 1.50 bits per heavy atom.